The minimum Gasteiger partial charge on any atom is -0.367 e. The van der Waals surface area contributed by atoms with E-state index in [0.717, 1.165) is 4.47 Å². The van der Waals surface area contributed by atoms with Gasteiger partial charge in [-0.25, -0.2) is 0 Å². The predicted molar refractivity (Wildman–Crippen MR) is 63.9 cm³/mol. The molecule has 1 heterocycles. The maximum absolute atomic E-state index is 3.41. The highest BCUT2D eigenvalue weighted by atomic mass is 79.9. The summed E-state index contributed by atoms with van der Waals surface area (Å²) in [4.78, 5) is 3.02. The van der Waals surface area contributed by atoms with E-state index in [-0.39, 0.29) is 0 Å². The van der Waals surface area contributed by atoms with Crippen molar-refractivity contribution in [2.75, 3.05) is 0 Å². The molecular weight excluding hydrogens is 238 g/mol. The Kier molecular flexibility index (Phi) is 2.84. The summed E-state index contributed by atoms with van der Waals surface area (Å²) in [6.07, 6.45) is 8.06. The van der Waals surface area contributed by atoms with Crippen molar-refractivity contribution in [1.82, 2.24) is 4.98 Å². The number of rotatable bonds is 2. The minimum atomic E-state index is 1.11. The predicted octanol–water partition coefficient (Wildman–Crippen LogP) is 3.95. The van der Waals surface area contributed by atoms with Crippen molar-refractivity contribution in [3.8, 4) is 0 Å². The van der Waals surface area contributed by atoms with Crippen molar-refractivity contribution < 1.29 is 0 Å². The first kappa shape index (κ1) is 9.28. The van der Waals surface area contributed by atoms with Crippen LogP contribution >= 0.6 is 15.9 Å². The summed E-state index contributed by atoms with van der Waals surface area (Å²) in [5, 5.41) is 0. The molecule has 1 nitrogen and oxygen atoms in total. The van der Waals surface area contributed by atoms with Gasteiger partial charge >= 0.3 is 0 Å². The number of aromatic nitrogens is 1. The van der Waals surface area contributed by atoms with Crippen LogP contribution in [0.2, 0.25) is 0 Å². The maximum atomic E-state index is 3.41. The highest BCUT2D eigenvalue weighted by Crippen LogP contribution is 2.12. The first-order chi connectivity index (χ1) is 6.84. The number of halogens is 1. The fraction of sp³-hybridized carbons (Fsp3) is 0. The van der Waals surface area contributed by atoms with Gasteiger partial charge in [-0.3, -0.25) is 0 Å². The Hall–Kier alpha value is -1.28. The molecule has 0 aliphatic rings. The topological polar surface area (TPSA) is 15.8 Å². The SMILES string of the molecule is Brc1ccc(C=Cc2cc[nH]c2)cc1. The van der Waals surface area contributed by atoms with Crippen molar-refractivity contribution in [2.45, 2.75) is 0 Å². The molecule has 0 unspecified atom stereocenters. The zero-order chi connectivity index (χ0) is 9.80. The Morgan fingerprint density at radius 3 is 2.29 bits per heavy atom. The van der Waals surface area contributed by atoms with E-state index in [2.05, 4.69) is 45.2 Å². The van der Waals surface area contributed by atoms with Crippen molar-refractivity contribution >= 4 is 28.1 Å². The van der Waals surface area contributed by atoms with Gasteiger partial charge in [0.15, 0.2) is 0 Å². The fourth-order valence-electron chi connectivity index (χ4n) is 1.21. The van der Waals surface area contributed by atoms with Crippen LogP contribution in [0, 0.1) is 0 Å². The number of nitrogens with one attached hydrogen (secondary N) is 1. The van der Waals surface area contributed by atoms with Crippen LogP contribution in [-0.2, 0) is 0 Å². The number of aromatic amines is 1. The second kappa shape index (κ2) is 4.29. The van der Waals surface area contributed by atoms with Gasteiger partial charge in [0.25, 0.3) is 0 Å². The first-order valence-corrected chi connectivity index (χ1v) is 5.20. The van der Waals surface area contributed by atoms with Gasteiger partial charge in [-0.2, -0.15) is 0 Å². The molecule has 2 heteroatoms. The average molecular weight is 248 g/mol. The van der Waals surface area contributed by atoms with Crippen LogP contribution in [0.15, 0.2) is 47.2 Å². The molecule has 0 fully saturated rings. The molecule has 14 heavy (non-hydrogen) atoms. The van der Waals surface area contributed by atoms with Crippen molar-refractivity contribution in [1.29, 1.82) is 0 Å². The highest BCUT2D eigenvalue weighted by Gasteiger charge is 1.88. The van der Waals surface area contributed by atoms with Crippen molar-refractivity contribution in [2.24, 2.45) is 0 Å². The van der Waals surface area contributed by atoms with Gasteiger partial charge in [-0.15, -0.1) is 0 Å². The molecular formula is C12H10BrN. The van der Waals surface area contributed by atoms with Gasteiger partial charge < -0.3 is 4.98 Å². The fourth-order valence-corrected chi connectivity index (χ4v) is 1.47. The Morgan fingerprint density at radius 1 is 0.929 bits per heavy atom. The van der Waals surface area contributed by atoms with Crippen LogP contribution < -0.4 is 0 Å². The lowest BCUT2D eigenvalue weighted by Crippen LogP contribution is -1.70. The molecule has 0 aliphatic heterocycles. The quantitative estimate of drug-likeness (QED) is 0.828. The molecule has 1 N–H and O–H groups in total. The van der Waals surface area contributed by atoms with Crippen LogP contribution in [0.3, 0.4) is 0 Å². The highest BCUT2D eigenvalue weighted by molar-refractivity contribution is 9.10. The van der Waals surface area contributed by atoms with Crippen molar-refractivity contribution in [3.05, 3.63) is 58.3 Å². The van der Waals surface area contributed by atoms with Gasteiger partial charge in [-0.1, -0.05) is 40.2 Å². The molecule has 0 bridgehead atoms. The summed E-state index contributed by atoms with van der Waals surface area (Å²) in [5.41, 5.74) is 2.39. The molecule has 1 aromatic carbocycles. The van der Waals surface area contributed by atoms with Gasteiger partial charge in [-0.05, 0) is 29.3 Å². The van der Waals surface area contributed by atoms with Crippen molar-refractivity contribution in [3.63, 3.8) is 0 Å². The van der Waals surface area contributed by atoms with Gasteiger partial charge in [0.2, 0.25) is 0 Å². The molecule has 1 aromatic heterocycles. The first-order valence-electron chi connectivity index (χ1n) is 4.41. The van der Waals surface area contributed by atoms with Crippen LogP contribution in [0.4, 0.5) is 0 Å². The van der Waals surface area contributed by atoms with Gasteiger partial charge in [0.1, 0.15) is 0 Å². The van der Waals surface area contributed by atoms with Crippen LogP contribution in [0.1, 0.15) is 11.1 Å². The molecule has 0 saturated heterocycles. The third-order valence-corrected chi connectivity index (χ3v) is 2.49. The van der Waals surface area contributed by atoms with E-state index in [1.54, 1.807) is 0 Å². The monoisotopic (exact) mass is 247 g/mol. The summed E-state index contributed by atoms with van der Waals surface area (Å²) in [5.74, 6) is 0. The smallest absolute Gasteiger partial charge is 0.0175 e. The summed E-state index contributed by atoms with van der Waals surface area (Å²) >= 11 is 3.41. The second-order valence-electron chi connectivity index (χ2n) is 3.03. The van der Waals surface area contributed by atoms with E-state index in [9.17, 15) is 0 Å². The molecule has 0 saturated carbocycles. The molecule has 2 rings (SSSR count). The van der Waals surface area contributed by atoms with E-state index in [1.807, 2.05) is 30.6 Å². The third-order valence-electron chi connectivity index (χ3n) is 1.96. The number of hydrogen-bond acceptors (Lipinski definition) is 0. The molecule has 0 radical (unpaired) electrons. The van der Waals surface area contributed by atoms with E-state index in [4.69, 9.17) is 0 Å². The molecule has 0 aliphatic carbocycles. The van der Waals surface area contributed by atoms with Crippen LogP contribution in [0.25, 0.3) is 12.2 Å². The lowest BCUT2D eigenvalue weighted by molar-refractivity contribution is 1.41. The molecule has 0 spiro atoms. The number of hydrogen-bond donors (Lipinski definition) is 1. The number of H-pyrrole nitrogens is 1. The van der Waals surface area contributed by atoms with Crippen LogP contribution in [-0.4, -0.2) is 4.98 Å². The Morgan fingerprint density at radius 2 is 1.64 bits per heavy atom. The number of benzene rings is 1. The summed E-state index contributed by atoms with van der Waals surface area (Å²) < 4.78 is 1.11. The van der Waals surface area contributed by atoms with E-state index in [0.29, 0.717) is 0 Å². The zero-order valence-corrected chi connectivity index (χ0v) is 9.16. The Bertz CT molecular complexity index is 412. The molecule has 70 valence electrons. The van der Waals surface area contributed by atoms with Gasteiger partial charge in [0.05, 0.1) is 0 Å². The molecule has 0 amide bonds. The summed E-state index contributed by atoms with van der Waals surface area (Å²) in [7, 11) is 0. The lowest BCUT2D eigenvalue weighted by atomic mass is 10.2. The second-order valence-corrected chi connectivity index (χ2v) is 3.94. The standard InChI is InChI=1S/C12H10BrN/c13-12-5-3-10(4-6-12)1-2-11-7-8-14-9-11/h1-9,14H. The van der Waals surface area contributed by atoms with E-state index < -0.39 is 0 Å². The Balaban J connectivity index is 2.15. The lowest BCUT2D eigenvalue weighted by Gasteiger charge is -1.92. The van der Waals surface area contributed by atoms with E-state index >= 15 is 0 Å². The normalized spacial score (nSPS) is 10.9. The minimum absolute atomic E-state index is 1.11. The molecule has 0 atom stereocenters. The largest absolute Gasteiger partial charge is 0.367 e. The summed E-state index contributed by atoms with van der Waals surface area (Å²) in [6, 6.07) is 10.3. The Labute approximate surface area is 91.6 Å². The van der Waals surface area contributed by atoms with E-state index in [1.165, 1.54) is 11.1 Å². The maximum Gasteiger partial charge on any atom is 0.0175 e. The van der Waals surface area contributed by atoms with Gasteiger partial charge in [0, 0.05) is 16.9 Å². The average Bonchev–Trinajstić information content (AvgIpc) is 2.70. The van der Waals surface area contributed by atoms with Crippen LogP contribution in [0.5, 0.6) is 0 Å². The summed E-state index contributed by atoms with van der Waals surface area (Å²) in [6.45, 7) is 0. The third kappa shape index (κ3) is 2.36. The zero-order valence-electron chi connectivity index (χ0n) is 7.57. The molecule has 2 aromatic rings.